The molecule has 2 aromatic rings. The van der Waals surface area contributed by atoms with E-state index in [0.717, 1.165) is 17.0 Å². The summed E-state index contributed by atoms with van der Waals surface area (Å²) >= 11 is 2.57. The zero-order chi connectivity index (χ0) is 22.1. The molecule has 2 aromatic carbocycles. The number of esters is 2. The van der Waals surface area contributed by atoms with Crippen LogP contribution in [0.3, 0.4) is 0 Å². The Morgan fingerprint density at radius 2 is 1.43 bits per heavy atom. The van der Waals surface area contributed by atoms with Gasteiger partial charge in [0.1, 0.15) is 10.9 Å². The first kappa shape index (κ1) is 23.5. The molecule has 0 spiro atoms. The lowest BCUT2D eigenvalue weighted by Crippen LogP contribution is -2.11. The van der Waals surface area contributed by atoms with Gasteiger partial charge in [-0.1, -0.05) is 67.0 Å². The van der Waals surface area contributed by atoms with E-state index in [1.54, 1.807) is 50.2 Å². The third kappa shape index (κ3) is 6.93. The molecule has 156 valence electrons. The molecule has 0 radical (unpaired) electrons. The lowest BCUT2D eigenvalue weighted by molar-refractivity contribution is -0.139. The predicted molar refractivity (Wildman–Crippen MR) is 120 cm³/mol. The maximum absolute atomic E-state index is 13.0. The van der Waals surface area contributed by atoms with Crippen molar-refractivity contribution in [3.05, 3.63) is 85.0 Å². The fourth-order valence-corrected chi connectivity index (χ4v) is 4.36. The number of hydrogen-bond donors (Lipinski definition) is 0. The highest BCUT2D eigenvalue weighted by atomic mass is 32.2. The molecule has 5 nitrogen and oxygen atoms in total. The summed E-state index contributed by atoms with van der Waals surface area (Å²) in [4.78, 5) is 37.4. The molecule has 0 bridgehead atoms. The summed E-state index contributed by atoms with van der Waals surface area (Å²) in [5.74, 6) is -1.19. The lowest BCUT2D eigenvalue weighted by atomic mass is 10.0. The SMILES string of the molecule is C=CC(=O)OC(C)Sc1ccc(C(=O)c2ccccc2)c(SC(C)OC(=O)C=C)c1. The first-order valence-electron chi connectivity index (χ1n) is 9.07. The van der Waals surface area contributed by atoms with Gasteiger partial charge in [0.25, 0.3) is 0 Å². The molecule has 2 rings (SSSR count). The number of carbonyl (C=O) groups is 3. The van der Waals surface area contributed by atoms with Crippen LogP contribution in [0, 0.1) is 0 Å². The second kappa shape index (κ2) is 11.4. The van der Waals surface area contributed by atoms with E-state index >= 15 is 0 Å². The van der Waals surface area contributed by atoms with Crippen molar-refractivity contribution in [2.24, 2.45) is 0 Å². The first-order chi connectivity index (χ1) is 14.3. The van der Waals surface area contributed by atoms with Crippen LogP contribution in [0.25, 0.3) is 0 Å². The Hall–Kier alpha value is -2.77. The minimum absolute atomic E-state index is 0.136. The van der Waals surface area contributed by atoms with E-state index < -0.39 is 22.8 Å². The summed E-state index contributed by atoms with van der Waals surface area (Å²) in [6.45, 7) is 10.2. The number of thioether (sulfide) groups is 2. The summed E-state index contributed by atoms with van der Waals surface area (Å²) in [5.41, 5.74) is 0.0747. The van der Waals surface area contributed by atoms with Crippen molar-refractivity contribution >= 4 is 41.2 Å². The molecule has 0 aliphatic rings. The minimum atomic E-state index is -0.540. The maximum atomic E-state index is 13.0. The molecule has 0 aliphatic carbocycles. The van der Waals surface area contributed by atoms with Crippen LogP contribution in [0.15, 0.2) is 83.6 Å². The second-order valence-electron chi connectivity index (χ2n) is 6.01. The van der Waals surface area contributed by atoms with Crippen LogP contribution < -0.4 is 0 Å². The fraction of sp³-hybridized carbons (Fsp3) is 0.174. The maximum Gasteiger partial charge on any atom is 0.331 e. The topological polar surface area (TPSA) is 69.7 Å². The van der Waals surface area contributed by atoms with Gasteiger partial charge in [0.15, 0.2) is 5.78 Å². The van der Waals surface area contributed by atoms with Crippen LogP contribution in [0.1, 0.15) is 29.8 Å². The summed E-state index contributed by atoms with van der Waals surface area (Å²) < 4.78 is 10.4. The van der Waals surface area contributed by atoms with Crippen molar-refractivity contribution in [1.82, 2.24) is 0 Å². The van der Waals surface area contributed by atoms with Gasteiger partial charge in [-0.05, 0) is 32.0 Å². The van der Waals surface area contributed by atoms with Crippen molar-refractivity contribution in [3.63, 3.8) is 0 Å². The number of hydrogen-bond acceptors (Lipinski definition) is 7. The number of ketones is 1. The van der Waals surface area contributed by atoms with Gasteiger partial charge in [-0.3, -0.25) is 4.79 Å². The Balaban J connectivity index is 2.32. The molecule has 2 unspecified atom stereocenters. The highest BCUT2D eigenvalue weighted by Crippen LogP contribution is 2.34. The lowest BCUT2D eigenvalue weighted by Gasteiger charge is -2.17. The van der Waals surface area contributed by atoms with Gasteiger partial charge < -0.3 is 9.47 Å². The average Bonchev–Trinajstić information content (AvgIpc) is 2.73. The molecule has 0 aliphatic heterocycles. The quantitative estimate of drug-likeness (QED) is 0.164. The largest absolute Gasteiger partial charge is 0.448 e. The molecule has 0 amide bonds. The average molecular weight is 443 g/mol. The molecule has 30 heavy (non-hydrogen) atoms. The van der Waals surface area contributed by atoms with Gasteiger partial charge >= 0.3 is 11.9 Å². The predicted octanol–water partition coefficient (Wildman–Crippen LogP) is 5.25. The first-order valence-corrected chi connectivity index (χ1v) is 10.8. The van der Waals surface area contributed by atoms with E-state index in [1.807, 2.05) is 12.1 Å². The highest BCUT2D eigenvalue weighted by molar-refractivity contribution is 8.00. The smallest absolute Gasteiger partial charge is 0.331 e. The molecule has 7 heteroatoms. The highest BCUT2D eigenvalue weighted by Gasteiger charge is 2.19. The van der Waals surface area contributed by atoms with E-state index in [9.17, 15) is 14.4 Å². The Kier molecular flexibility index (Phi) is 8.95. The monoisotopic (exact) mass is 442 g/mol. The van der Waals surface area contributed by atoms with E-state index in [1.165, 1.54) is 23.5 Å². The minimum Gasteiger partial charge on any atom is -0.448 e. The molecular weight excluding hydrogens is 420 g/mol. The standard InChI is InChI=1S/C23H22O5S2/c1-5-21(24)27-15(3)29-18-12-13-19(23(26)17-10-8-7-9-11-17)20(14-18)30-16(4)28-22(25)6-2/h5-16H,1-2H2,3-4H3. The summed E-state index contributed by atoms with van der Waals surface area (Å²) in [5, 5.41) is 0. The number of ether oxygens (including phenoxy) is 2. The molecular formula is C23H22O5S2. The second-order valence-corrected chi connectivity index (χ2v) is 8.72. The van der Waals surface area contributed by atoms with Gasteiger partial charge in [-0.25, -0.2) is 9.59 Å². The van der Waals surface area contributed by atoms with Crippen LogP contribution in [0.4, 0.5) is 0 Å². The molecule has 0 fully saturated rings. The van der Waals surface area contributed by atoms with Crippen molar-refractivity contribution in [2.75, 3.05) is 0 Å². The normalized spacial score (nSPS) is 12.3. The molecule has 2 atom stereocenters. The van der Waals surface area contributed by atoms with E-state index in [2.05, 4.69) is 13.2 Å². The van der Waals surface area contributed by atoms with Crippen LogP contribution in [-0.4, -0.2) is 28.6 Å². The molecule has 0 heterocycles. The van der Waals surface area contributed by atoms with Crippen molar-refractivity contribution in [1.29, 1.82) is 0 Å². The molecule has 0 saturated carbocycles. The van der Waals surface area contributed by atoms with Gasteiger partial charge in [-0.15, -0.1) is 0 Å². The Labute approximate surface area is 184 Å². The van der Waals surface area contributed by atoms with E-state index in [0.29, 0.717) is 16.0 Å². The van der Waals surface area contributed by atoms with Crippen LogP contribution in [0.5, 0.6) is 0 Å². The van der Waals surface area contributed by atoms with Crippen molar-refractivity contribution in [3.8, 4) is 0 Å². The van der Waals surface area contributed by atoms with E-state index in [-0.39, 0.29) is 5.78 Å². The third-order valence-corrected chi connectivity index (χ3v) is 5.70. The zero-order valence-corrected chi connectivity index (χ0v) is 18.3. The van der Waals surface area contributed by atoms with Crippen molar-refractivity contribution < 1.29 is 23.9 Å². The molecule has 0 saturated heterocycles. The van der Waals surface area contributed by atoms with Crippen LogP contribution in [0.2, 0.25) is 0 Å². The Bertz CT molecular complexity index is 940. The van der Waals surface area contributed by atoms with E-state index in [4.69, 9.17) is 9.47 Å². The Morgan fingerprint density at radius 3 is 2.00 bits per heavy atom. The van der Waals surface area contributed by atoms with Gasteiger partial charge in [-0.2, -0.15) is 0 Å². The molecule has 0 N–H and O–H groups in total. The summed E-state index contributed by atoms with van der Waals surface area (Å²) in [7, 11) is 0. The summed E-state index contributed by atoms with van der Waals surface area (Å²) in [6, 6.07) is 14.3. The van der Waals surface area contributed by atoms with Crippen LogP contribution in [-0.2, 0) is 19.1 Å². The van der Waals surface area contributed by atoms with Gasteiger partial charge in [0, 0.05) is 33.1 Å². The molecule has 0 aromatic heterocycles. The van der Waals surface area contributed by atoms with Gasteiger partial charge in [0.2, 0.25) is 0 Å². The number of rotatable bonds is 10. The zero-order valence-electron chi connectivity index (χ0n) is 16.7. The number of benzene rings is 2. The Morgan fingerprint density at radius 1 is 0.867 bits per heavy atom. The van der Waals surface area contributed by atoms with Crippen molar-refractivity contribution in [2.45, 2.75) is 34.5 Å². The summed E-state index contributed by atoms with van der Waals surface area (Å²) in [6.07, 6.45) is 2.20. The van der Waals surface area contributed by atoms with Gasteiger partial charge in [0.05, 0.1) is 0 Å². The number of carbonyl (C=O) groups excluding carboxylic acids is 3. The fourth-order valence-electron chi connectivity index (χ4n) is 2.45. The van der Waals surface area contributed by atoms with Crippen LogP contribution >= 0.6 is 23.5 Å². The third-order valence-electron chi connectivity index (χ3n) is 3.73.